The lowest BCUT2D eigenvalue weighted by molar-refractivity contribution is 0.0971. The van der Waals surface area contributed by atoms with Crippen LogP contribution in [-0.2, 0) is 12.8 Å². The molecule has 0 saturated carbocycles. The van der Waals surface area contributed by atoms with Crippen molar-refractivity contribution < 1.29 is 24.5 Å². The van der Waals surface area contributed by atoms with Crippen LogP contribution in [0, 0.1) is 5.92 Å². The number of hydrogen-bond donors (Lipinski definition) is 2. The number of carbonyl (C=O) groups excluding carboxylic acids is 2. The number of rotatable bonds is 2. The molecule has 0 radical (unpaired) electrons. The van der Waals surface area contributed by atoms with Crippen LogP contribution in [0.4, 0.5) is 0 Å². The van der Waals surface area contributed by atoms with E-state index in [2.05, 4.69) is 6.92 Å². The van der Waals surface area contributed by atoms with E-state index in [1.807, 2.05) is 0 Å². The summed E-state index contributed by atoms with van der Waals surface area (Å²) < 4.78 is 5.24. The number of phenols is 2. The van der Waals surface area contributed by atoms with Gasteiger partial charge in [0.15, 0.2) is 5.78 Å². The molecule has 2 aromatic rings. The van der Waals surface area contributed by atoms with Crippen molar-refractivity contribution in [1.82, 2.24) is 0 Å². The van der Waals surface area contributed by atoms with E-state index in [0.29, 0.717) is 29.9 Å². The lowest BCUT2D eigenvalue weighted by Gasteiger charge is -2.29. The van der Waals surface area contributed by atoms with Crippen molar-refractivity contribution in [3.63, 3.8) is 0 Å². The largest absolute Gasteiger partial charge is 0.507 e. The van der Waals surface area contributed by atoms with E-state index in [0.717, 1.165) is 12.8 Å². The lowest BCUT2D eigenvalue weighted by Crippen LogP contribution is -2.25. The summed E-state index contributed by atoms with van der Waals surface area (Å²) in [7, 11) is 1.43. The highest BCUT2D eigenvalue weighted by Gasteiger charge is 2.40. The fourth-order valence-corrected chi connectivity index (χ4v) is 4.23. The van der Waals surface area contributed by atoms with E-state index in [9.17, 15) is 19.8 Å². The standard InChI is InChI=1S/C21H20O5/c1-3-10-7-8-11-13(9-10)20(24)16-17(18(11)22)21(25)15-12(19(16)23)5-4-6-14(15)26-2/h4-6,10,22,24H,3,7-9H2,1-2H3. The van der Waals surface area contributed by atoms with Gasteiger partial charge in [-0.05, 0) is 31.2 Å². The predicted octanol–water partition coefficient (Wildman–Crippen LogP) is 3.40. The topological polar surface area (TPSA) is 83.8 Å². The van der Waals surface area contributed by atoms with Crippen LogP contribution in [0.2, 0.25) is 0 Å². The second kappa shape index (κ2) is 5.87. The maximum atomic E-state index is 13.1. The summed E-state index contributed by atoms with van der Waals surface area (Å²) in [5.74, 6) is -0.584. The van der Waals surface area contributed by atoms with Gasteiger partial charge >= 0.3 is 0 Å². The minimum atomic E-state index is -0.486. The Morgan fingerprint density at radius 1 is 1.04 bits per heavy atom. The molecule has 26 heavy (non-hydrogen) atoms. The van der Waals surface area contributed by atoms with Gasteiger partial charge in [-0.2, -0.15) is 0 Å². The molecule has 0 spiro atoms. The van der Waals surface area contributed by atoms with Crippen LogP contribution >= 0.6 is 0 Å². The Morgan fingerprint density at radius 2 is 1.73 bits per heavy atom. The average Bonchev–Trinajstić information content (AvgIpc) is 2.67. The number of phenolic OH excluding ortho intramolecular Hbond substituents is 2. The van der Waals surface area contributed by atoms with Crippen molar-refractivity contribution in [3.05, 3.63) is 51.6 Å². The Morgan fingerprint density at radius 3 is 2.42 bits per heavy atom. The third-order valence-electron chi connectivity index (χ3n) is 5.70. The fourth-order valence-electron chi connectivity index (χ4n) is 4.23. The van der Waals surface area contributed by atoms with E-state index in [4.69, 9.17) is 4.74 Å². The normalized spacial score (nSPS) is 18.2. The molecule has 0 amide bonds. The van der Waals surface area contributed by atoms with Gasteiger partial charge in [-0.15, -0.1) is 0 Å². The first-order chi connectivity index (χ1) is 12.5. The summed E-state index contributed by atoms with van der Waals surface area (Å²) in [5.41, 5.74) is 1.35. The van der Waals surface area contributed by atoms with Gasteiger partial charge in [0, 0.05) is 16.7 Å². The third kappa shape index (κ3) is 2.09. The average molecular weight is 352 g/mol. The van der Waals surface area contributed by atoms with Gasteiger partial charge in [-0.1, -0.05) is 25.5 Å². The van der Waals surface area contributed by atoms with Crippen LogP contribution in [0.5, 0.6) is 17.2 Å². The highest BCUT2D eigenvalue weighted by Crippen LogP contribution is 2.47. The van der Waals surface area contributed by atoms with Crippen molar-refractivity contribution in [1.29, 1.82) is 0 Å². The Hall–Kier alpha value is -2.82. The Bertz CT molecular complexity index is 958. The molecule has 1 unspecified atom stereocenters. The Balaban J connectivity index is 2.01. The van der Waals surface area contributed by atoms with Crippen molar-refractivity contribution in [2.45, 2.75) is 32.6 Å². The zero-order valence-electron chi connectivity index (χ0n) is 14.8. The molecule has 5 nitrogen and oxygen atoms in total. The first-order valence-corrected chi connectivity index (χ1v) is 8.85. The first kappa shape index (κ1) is 16.6. The molecule has 0 heterocycles. The molecule has 2 N–H and O–H groups in total. The minimum absolute atomic E-state index is 0.0799. The summed E-state index contributed by atoms with van der Waals surface area (Å²) in [6.07, 6.45) is 3.03. The maximum Gasteiger partial charge on any atom is 0.202 e. The molecule has 2 aliphatic rings. The van der Waals surface area contributed by atoms with Gasteiger partial charge in [-0.25, -0.2) is 0 Å². The highest BCUT2D eigenvalue weighted by atomic mass is 16.5. The van der Waals surface area contributed by atoms with Crippen molar-refractivity contribution in [2.24, 2.45) is 5.92 Å². The summed E-state index contributed by atoms with van der Waals surface area (Å²) in [5, 5.41) is 21.7. The fraction of sp³-hybridized carbons (Fsp3) is 0.333. The van der Waals surface area contributed by atoms with Crippen LogP contribution in [0.1, 0.15) is 62.7 Å². The Kier molecular flexibility index (Phi) is 3.75. The summed E-state index contributed by atoms with van der Waals surface area (Å²) in [6.45, 7) is 2.09. The summed E-state index contributed by atoms with van der Waals surface area (Å²) in [6, 6.07) is 4.79. The second-order valence-electron chi connectivity index (χ2n) is 6.96. The lowest BCUT2D eigenvalue weighted by atomic mass is 9.75. The molecule has 0 saturated heterocycles. The van der Waals surface area contributed by atoms with Crippen LogP contribution in [0.25, 0.3) is 0 Å². The molecule has 2 aliphatic carbocycles. The monoisotopic (exact) mass is 352 g/mol. The zero-order chi connectivity index (χ0) is 18.6. The first-order valence-electron chi connectivity index (χ1n) is 8.85. The van der Waals surface area contributed by atoms with E-state index < -0.39 is 11.6 Å². The van der Waals surface area contributed by atoms with Crippen molar-refractivity contribution in [2.75, 3.05) is 7.11 Å². The number of fused-ring (bicyclic) bond motifs is 3. The third-order valence-corrected chi connectivity index (χ3v) is 5.70. The highest BCUT2D eigenvalue weighted by molar-refractivity contribution is 6.31. The van der Waals surface area contributed by atoms with Gasteiger partial charge in [0.1, 0.15) is 17.2 Å². The SMILES string of the molecule is CCC1CCc2c(O)c3c(c(O)c2C1)C(=O)c1cccc(OC)c1C3=O. The van der Waals surface area contributed by atoms with Crippen LogP contribution < -0.4 is 4.74 Å². The van der Waals surface area contributed by atoms with E-state index in [1.54, 1.807) is 18.2 Å². The molecule has 0 aromatic heterocycles. The van der Waals surface area contributed by atoms with Gasteiger partial charge in [0.05, 0.1) is 23.8 Å². The van der Waals surface area contributed by atoms with Gasteiger partial charge < -0.3 is 14.9 Å². The molecule has 0 bridgehead atoms. The minimum Gasteiger partial charge on any atom is -0.507 e. The molecular weight excluding hydrogens is 332 g/mol. The number of ether oxygens (including phenoxy) is 1. The number of carbonyl (C=O) groups is 2. The molecule has 134 valence electrons. The van der Waals surface area contributed by atoms with E-state index in [1.165, 1.54) is 7.11 Å². The number of benzene rings is 2. The van der Waals surface area contributed by atoms with Crippen molar-refractivity contribution >= 4 is 11.6 Å². The molecule has 0 fully saturated rings. The van der Waals surface area contributed by atoms with Crippen LogP contribution in [0.15, 0.2) is 18.2 Å². The summed E-state index contributed by atoms with van der Waals surface area (Å²) >= 11 is 0. The predicted molar refractivity (Wildman–Crippen MR) is 95.4 cm³/mol. The molecule has 2 aromatic carbocycles. The van der Waals surface area contributed by atoms with Crippen LogP contribution in [-0.4, -0.2) is 28.9 Å². The zero-order valence-corrected chi connectivity index (χ0v) is 14.8. The van der Waals surface area contributed by atoms with E-state index >= 15 is 0 Å². The Labute approximate surface area is 151 Å². The molecular formula is C21H20O5. The van der Waals surface area contributed by atoms with Crippen molar-refractivity contribution in [3.8, 4) is 17.2 Å². The van der Waals surface area contributed by atoms with Gasteiger partial charge in [-0.3, -0.25) is 9.59 Å². The second-order valence-corrected chi connectivity index (χ2v) is 6.96. The van der Waals surface area contributed by atoms with Crippen LogP contribution in [0.3, 0.4) is 0 Å². The van der Waals surface area contributed by atoms with E-state index in [-0.39, 0.29) is 39.5 Å². The molecule has 4 rings (SSSR count). The molecule has 1 atom stereocenters. The number of methoxy groups -OCH3 is 1. The van der Waals surface area contributed by atoms with Gasteiger partial charge in [0.25, 0.3) is 0 Å². The quantitative estimate of drug-likeness (QED) is 0.691. The molecule has 0 aliphatic heterocycles. The smallest absolute Gasteiger partial charge is 0.202 e. The maximum absolute atomic E-state index is 13.1. The number of ketones is 2. The van der Waals surface area contributed by atoms with Gasteiger partial charge in [0.2, 0.25) is 5.78 Å². The number of aromatic hydroxyl groups is 2. The molecule has 5 heteroatoms. The number of hydrogen-bond acceptors (Lipinski definition) is 5. The summed E-state index contributed by atoms with van der Waals surface area (Å²) in [4.78, 5) is 26.2.